The van der Waals surface area contributed by atoms with E-state index in [0.717, 1.165) is 53.8 Å². The van der Waals surface area contributed by atoms with Gasteiger partial charge in [-0.1, -0.05) is 74.7 Å². The van der Waals surface area contributed by atoms with E-state index in [-0.39, 0.29) is 30.9 Å². The van der Waals surface area contributed by atoms with E-state index in [0.29, 0.717) is 67.7 Å². The number of aliphatic hydroxyl groups excluding tert-OH is 1. The van der Waals surface area contributed by atoms with E-state index in [1.165, 1.54) is 0 Å². The molecule has 3 aromatic carbocycles. The Morgan fingerprint density at radius 2 is 1.63 bits per heavy atom. The zero-order valence-corrected chi connectivity index (χ0v) is 31.2. The van der Waals surface area contributed by atoms with Crippen LogP contribution < -0.4 is 4.90 Å². The largest absolute Gasteiger partial charge is 0.394 e. The Balaban J connectivity index is 1.33. The molecule has 0 saturated carbocycles. The summed E-state index contributed by atoms with van der Waals surface area (Å²) in [4.78, 5) is 49.4. The van der Waals surface area contributed by atoms with Crippen molar-refractivity contribution in [1.82, 2.24) is 24.5 Å². The SMILES string of the molecule is CCCCN(CCCC)C(=O)c1cc(C)n(-c2ccc(N3CCN(Cc4ccc(Cl)cc4)C(=O)C3)cc2C(=O)N2Cc3ccccc3C[C@H]2CO)n1. The number of aryl methyl sites for hydroxylation is 1. The third-order valence-electron chi connectivity index (χ3n) is 10.2. The number of aliphatic hydroxyl groups is 1. The first kappa shape index (κ1) is 37.1. The summed E-state index contributed by atoms with van der Waals surface area (Å²) >= 11 is 6.06. The second-order valence-electron chi connectivity index (χ2n) is 13.9. The number of amides is 3. The van der Waals surface area contributed by atoms with Crippen molar-refractivity contribution in [3.8, 4) is 5.69 Å². The Morgan fingerprint density at radius 3 is 2.31 bits per heavy atom. The minimum absolute atomic E-state index is 0.00656. The Kier molecular flexibility index (Phi) is 12.0. The summed E-state index contributed by atoms with van der Waals surface area (Å²) < 4.78 is 1.68. The standard InChI is InChI=1S/C41H49ClN6O4/c1-4-6-18-44(19-7-5-2)41(52)37-22-29(3)48(43-37)38-17-16-34(45-20-21-46(39(50)27-45)25-30-12-14-33(42)15-13-30)24-36(38)40(51)47-26-32-11-9-8-10-31(32)23-35(47)28-49/h8-17,22,24,35,49H,4-7,18-21,23,25-28H2,1-3H3/t35-/m0/s1. The van der Waals surface area contributed by atoms with Gasteiger partial charge in [0.2, 0.25) is 5.91 Å². The number of halogens is 1. The number of fused-ring (bicyclic) bond motifs is 1. The minimum Gasteiger partial charge on any atom is -0.394 e. The van der Waals surface area contributed by atoms with Gasteiger partial charge in [0.05, 0.1) is 30.4 Å². The van der Waals surface area contributed by atoms with Crippen molar-refractivity contribution in [2.45, 2.75) is 72.0 Å². The lowest BCUT2D eigenvalue weighted by atomic mass is 9.93. The maximum absolute atomic E-state index is 14.7. The van der Waals surface area contributed by atoms with E-state index in [9.17, 15) is 19.5 Å². The van der Waals surface area contributed by atoms with Gasteiger partial charge in [-0.2, -0.15) is 5.10 Å². The van der Waals surface area contributed by atoms with Crippen LogP contribution in [0.2, 0.25) is 5.02 Å². The van der Waals surface area contributed by atoms with Crippen LogP contribution in [0, 0.1) is 6.92 Å². The van der Waals surface area contributed by atoms with Crippen LogP contribution in [0.1, 0.15) is 82.8 Å². The molecule has 1 N–H and O–H groups in total. The molecular formula is C41H49ClN6O4. The highest BCUT2D eigenvalue weighted by atomic mass is 35.5. The molecule has 6 rings (SSSR count). The quantitative estimate of drug-likeness (QED) is 0.174. The lowest BCUT2D eigenvalue weighted by Crippen LogP contribution is -2.50. The lowest BCUT2D eigenvalue weighted by molar-refractivity contribution is -0.131. The highest BCUT2D eigenvalue weighted by Crippen LogP contribution is 2.30. The van der Waals surface area contributed by atoms with Gasteiger partial charge in [0.1, 0.15) is 0 Å². The molecule has 0 unspecified atom stereocenters. The molecule has 3 heterocycles. The maximum atomic E-state index is 14.7. The van der Waals surface area contributed by atoms with E-state index in [2.05, 4.69) is 13.8 Å². The molecule has 1 atom stereocenters. The molecule has 0 aliphatic carbocycles. The molecule has 1 saturated heterocycles. The molecule has 10 nitrogen and oxygen atoms in total. The van der Waals surface area contributed by atoms with Crippen LogP contribution in [0.15, 0.2) is 72.8 Å². The Morgan fingerprint density at radius 1 is 0.923 bits per heavy atom. The predicted octanol–water partition coefficient (Wildman–Crippen LogP) is 6.28. The summed E-state index contributed by atoms with van der Waals surface area (Å²) in [6.07, 6.45) is 4.35. The van der Waals surface area contributed by atoms with Crippen molar-refractivity contribution in [3.63, 3.8) is 0 Å². The monoisotopic (exact) mass is 724 g/mol. The number of carbonyl (C=O) groups is 3. The molecule has 0 bridgehead atoms. The van der Waals surface area contributed by atoms with Gasteiger partial charge in [0.15, 0.2) is 5.69 Å². The van der Waals surface area contributed by atoms with Gasteiger partial charge < -0.3 is 24.7 Å². The van der Waals surface area contributed by atoms with Gasteiger partial charge in [-0.3, -0.25) is 14.4 Å². The fraction of sp³-hybridized carbons (Fsp3) is 0.415. The molecule has 11 heteroatoms. The van der Waals surface area contributed by atoms with Crippen molar-refractivity contribution in [2.24, 2.45) is 0 Å². The van der Waals surface area contributed by atoms with Gasteiger partial charge in [-0.15, -0.1) is 0 Å². The van der Waals surface area contributed by atoms with Crippen LogP contribution in [0.5, 0.6) is 0 Å². The number of hydrogen-bond acceptors (Lipinski definition) is 6. The molecule has 274 valence electrons. The van der Waals surface area contributed by atoms with Crippen molar-refractivity contribution >= 4 is 35.0 Å². The number of hydrogen-bond donors (Lipinski definition) is 1. The van der Waals surface area contributed by atoms with E-state index >= 15 is 0 Å². The van der Waals surface area contributed by atoms with E-state index in [1.807, 2.05) is 88.4 Å². The van der Waals surface area contributed by atoms with Crippen molar-refractivity contribution in [1.29, 1.82) is 0 Å². The summed E-state index contributed by atoms with van der Waals surface area (Å²) in [7, 11) is 0. The van der Waals surface area contributed by atoms with Crippen LogP contribution in [0.4, 0.5) is 5.69 Å². The number of carbonyl (C=O) groups excluding carboxylic acids is 3. The van der Waals surface area contributed by atoms with E-state index in [1.54, 1.807) is 15.6 Å². The molecule has 3 amide bonds. The Hall–Kier alpha value is -4.67. The predicted molar refractivity (Wildman–Crippen MR) is 204 cm³/mol. The highest BCUT2D eigenvalue weighted by molar-refractivity contribution is 6.30. The van der Waals surface area contributed by atoms with Crippen LogP contribution in [-0.4, -0.2) is 92.7 Å². The minimum atomic E-state index is -0.404. The topological polar surface area (TPSA) is 102 Å². The molecule has 1 aromatic heterocycles. The maximum Gasteiger partial charge on any atom is 0.274 e. The van der Waals surface area contributed by atoms with Gasteiger partial charge in [-0.25, -0.2) is 4.68 Å². The summed E-state index contributed by atoms with van der Waals surface area (Å²) in [5.41, 5.74) is 5.93. The van der Waals surface area contributed by atoms with Gasteiger partial charge in [0, 0.05) is 55.7 Å². The van der Waals surface area contributed by atoms with Gasteiger partial charge >= 0.3 is 0 Å². The highest BCUT2D eigenvalue weighted by Gasteiger charge is 2.33. The van der Waals surface area contributed by atoms with Crippen LogP contribution in [-0.2, 0) is 24.3 Å². The number of nitrogens with zero attached hydrogens (tertiary/aromatic N) is 6. The zero-order chi connectivity index (χ0) is 36.8. The van der Waals surface area contributed by atoms with Crippen LogP contribution in [0.3, 0.4) is 0 Å². The van der Waals surface area contributed by atoms with Gasteiger partial charge in [-0.05, 0) is 79.3 Å². The second kappa shape index (κ2) is 16.8. The first-order valence-electron chi connectivity index (χ1n) is 18.5. The molecule has 0 spiro atoms. The summed E-state index contributed by atoms with van der Waals surface area (Å²) in [6, 6.07) is 22.5. The number of piperazine rings is 1. The number of benzene rings is 3. The number of unbranched alkanes of at least 4 members (excludes halogenated alkanes) is 2. The Bertz CT molecular complexity index is 1880. The number of aromatic nitrogens is 2. The average molecular weight is 725 g/mol. The number of anilines is 1. The first-order chi connectivity index (χ1) is 25.2. The summed E-state index contributed by atoms with van der Waals surface area (Å²) in [6.45, 7) is 9.43. The molecule has 52 heavy (non-hydrogen) atoms. The van der Waals surface area contributed by atoms with Crippen molar-refractivity contribution in [2.75, 3.05) is 44.2 Å². The third-order valence-corrected chi connectivity index (χ3v) is 10.4. The third kappa shape index (κ3) is 8.18. The first-order valence-corrected chi connectivity index (χ1v) is 18.8. The van der Waals surface area contributed by atoms with Crippen LogP contribution in [0.25, 0.3) is 5.69 Å². The molecular weight excluding hydrogens is 676 g/mol. The fourth-order valence-corrected chi connectivity index (χ4v) is 7.25. The normalized spacial score (nSPS) is 15.9. The fourth-order valence-electron chi connectivity index (χ4n) is 7.12. The van der Waals surface area contributed by atoms with E-state index in [4.69, 9.17) is 16.7 Å². The lowest BCUT2D eigenvalue weighted by Gasteiger charge is -2.37. The zero-order valence-electron chi connectivity index (χ0n) is 30.4. The average Bonchev–Trinajstić information content (AvgIpc) is 3.56. The Labute approximate surface area is 311 Å². The smallest absolute Gasteiger partial charge is 0.274 e. The van der Waals surface area contributed by atoms with Crippen LogP contribution >= 0.6 is 11.6 Å². The number of rotatable bonds is 13. The van der Waals surface area contributed by atoms with E-state index < -0.39 is 6.04 Å². The summed E-state index contributed by atoms with van der Waals surface area (Å²) in [5, 5.41) is 15.9. The molecule has 1 fully saturated rings. The molecule has 4 aromatic rings. The van der Waals surface area contributed by atoms with Crippen molar-refractivity contribution in [3.05, 3.63) is 111 Å². The summed E-state index contributed by atoms with van der Waals surface area (Å²) in [5.74, 6) is -0.363. The molecule has 2 aliphatic heterocycles. The molecule has 2 aliphatic rings. The molecule has 0 radical (unpaired) electrons. The van der Waals surface area contributed by atoms with Gasteiger partial charge in [0.25, 0.3) is 11.8 Å². The van der Waals surface area contributed by atoms with Crippen molar-refractivity contribution < 1.29 is 19.5 Å². The second-order valence-corrected chi connectivity index (χ2v) is 14.3.